The maximum absolute atomic E-state index is 11.3. The van der Waals surface area contributed by atoms with Gasteiger partial charge in [0.2, 0.25) is 11.0 Å². The van der Waals surface area contributed by atoms with Gasteiger partial charge >= 0.3 is 0 Å². The predicted molar refractivity (Wildman–Crippen MR) is 71.6 cm³/mol. The van der Waals surface area contributed by atoms with Crippen molar-refractivity contribution >= 4 is 34.1 Å². The Bertz CT molecular complexity index is 394. The predicted octanol–water partition coefficient (Wildman–Crippen LogP) is 0.160. The maximum atomic E-state index is 11.3. The Morgan fingerprint density at radius 2 is 2.24 bits per heavy atom. The van der Waals surface area contributed by atoms with Crippen molar-refractivity contribution in [2.75, 3.05) is 31.8 Å². The quantitative estimate of drug-likeness (QED) is 0.720. The highest BCUT2D eigenvalue weighted by atomic mass is 32.2. The summed E-state index contributed by atoms with van der Waals surface area (Å²) in [5.41, 5.74) is 4.62. The van der Waals surface area contributed by atoms with E-state index < -0.39 is 5.54 Å². The molecule has 1 aromatic rings. The fourth-order valence-corrected chi connectivity index (χ4v) is 2.85. The van der Waals surface area contributed by atoms with E-state index >= 15 is 0 Å². The van der Waals surface area contributed by atoms with Crippen molar-refractivity contribution < 1.29 is 4.79 Å². The third kappa shape index (κ3) is 3.55. The highest BCUT2D eigenvalue weighted by molar-refractivity contribution is 8.01. The number of thioether (sulfide) groups is 1. The van der Waals surface area contributed by atoms with Gasteiger partial charge < -0.3 is 16.0 Å². The lowest BCUT2D eigenvalue weighted by atomic mass is 10.1. The van der Waals surface area contributed by atoms with Crippen LogP contribution in [0.5, 0.6) is 0 Å². The second kappa shape index (κ2) is 5.65. The molecule has 0 aromatic carbocycles. The first-order valence-corrected chi connectivity index (χ1v) is 6.81. The summed E-state index contributed by atoms with van der Waals surface area (Å²) in [6, 6.07) is 0. The number of nitrogens with one attached hydrogen (secondary N) is 1. The van der Waals surface area contributed by atoms with Gasteiger partial charge in [0.05, 0.1) is 0 Å². The van der Waals surface area contributed by atoms with Crippen LogP contribution in [0.2, 0.25) is 0 Å². The summed E-state index contributed by atoms with van der Waals surface area (Å²) in [7, 11) is 5.54. The first kappa shape index (κ1) is 14.2. The molecule has 0 saturated heterocycles. The van der Waals surface area contributed by atoms with Crippen LogP contribution in [-0.2, 0) is 4.79 Å². The van der Waals surface area contributed by atoms with Gasteiger partial charge in [0.1, 0.15) is 5.54 Å². The van der Waals surface area contributed by atoms with Crippen LogP contribution >= 0.6 is 23.1 Å². The first-order valence-electron chi connectivity index (χ1n) is 5.01. The average molecular weight is 275 g/mol. The minimum atomic E-state index is -0.728. The van der Waals surface area contributed by atoms with E-state index in [0.717, 1.165) is 9.47 Å². The minimum absolute atomic E-state index is 0.371. The summed E-state index contributed by atoms with van der Waals surface area (Å²) < 4.78 is 0.830. The molecule has 8 heteroatoms. The van der Waals surface area contributed by atoms with E-state index in [0.29, 0.717) is 5.75 Å². The Morgan fingerprint density at radius 1 is 1.59 bits per heavy atom. The van der Waals surface area contributed by atoms with Gasteiger partial charge in [-0.15, -0.1) is 10.2 Å². The van der Waals surface area contributed by atoms with Crippen molar-refractivity contribution in [1.82, 2.24) is 15.5 Å². The molecule has 3 N–H and O–H groups in total. The average Bonchev–Trinajstić information content (AvgIpc) is 2.74. The van der Waals surface area contributed by atoms with E-state index in [2.05, 4.69) is 15.5 Å². The Labute approximate surface area is 109 Å². The van der Waals surface area contributed by atoms with Crippen LogP contribution in [0.15, 0.2) is 4.34 Å². The second-order valence-electron chi connectivity index (χ2n) is 3.98. The SMILES string of the molecule is CNC(C)(CSc1nnc(N(C)C)s1)C(N)=O. The van der Waals surface area contributed by atoms with Crippen LogP contribution in [0.25, 0.3) is 0 Å². The maximum Gasteiger partial charge on any atom is 0.238 e. The molecule has 0 aliphatic heterocycles. The zero-order valence-corrected chi connectivity index (χ0v) is 12.0. The molecule has 0 aliphatic carbocycles. The van der Waals surface area contributed by atoms with Gasteiger partial charge in [-0.1, -0.05) is 23.1 Å². The van der Waals surface area contributed by atoms with Gasteiger partial charge in [0.15, 0.2) is 4.34 Å². The second-order valence-corrected chi connectivity index (χ2v) is 6.16. The number of rotatable bonds is 6. The summed E-state index contributed by atoms with van der Waals surface area (Å²) in [4.78, 5) is 13.2. The lowest BCUT2D eigenvalue weighted by molar-refractivity contribution is -0.122. The molecule has 17 heavy (non-hydrogen) atoms. The van der Waals surface area contributed by atoms with Crippen LogP contribution in [0.3, 0.4) is 0 Å². The number of amides is 1. The smallest absolute Gasteiger partial charge is 0.238 e. The minimum Gasteiger partial charge on any atom is -0.368 e. The third-order valence-electron chi connectivity index (χ3n) is 2.36. The third-order valence-corrected chi connectivity index (χ3v) is 4.90. The van der Waals surface area contributed by atoms with Gasteiger partial charge in [-0.25, -0.2) is 0 Å². The van der Waals surface area contributed by atoms with Gasteiger partial charge in [-0.2, -0.15) is 0 Å². The fraction of sp³-hybridized carbons (Fsp3) is 0.667. The number of aromatic nitrogens is 2. The molecule has 1 aromatic heterocycles. The Morgan fingerprint density at radius 3 is 2.65 bits per heavy atom. The van der Waals surface area contributed by atoms with Crippen molar-refractivity contribution in [2.45, 2.75) is 16.8 Å². The summed E-state index contributed by atoms with van der Waals surface area (Å²) in [5, 5.41) is 11.8. The van der Waals surface area contributed by atoms with Crippen LogP contribution in [0.4, 0.5) is 5.13 Å². The molecule has 96 valence electrons. The molecule has 0 fully saturated rings. The zero-order chi connectivity index (χ0) is 13.1. The van der Waals surface area contributed by atoms with Gasteiger partial charge in [-0.3, -0.25) is 4.79 Å². The molecule has 1 unspecified atom stereocenters. The molecule has 1 amide bonds. The molecule has 6 nitrogen and oxygen atoms in total. The Kier molecular flexibility index (Phi) is 4.72. The molecule has 0 aliphatic rings. The number of hydrogen-bond acceptors (Lipinski definition) is 7. The van der Waals surface area contributed by atoms with Gasteiger partial charge in [0.25, 0.3) is 0 Å². The molecular weight excluding hydrogens is 258 g/mol. The van der Waals surface area contributed by atoms with E-state index in [1.165, 1.54) is 23.1 Å². The van der Waals surface area contributed by atoms with Crippen LogP contribution in [0, 0.1) is 0 Å². The van der Waals surface area contributed by atoms with E-state index in [9.17, 15) is 4.79 Å². The molecule has 1 rings (SSSR count). The number of nitrogens with two attached hydrogens (primary N) is 1. The topological polar surface area (TPSA) is 84.1 Å². The number of carbonyl (C=O) groups is 1. The lowest BCUT2D eigenvalue weighted by Gasteiger charge is -2.24. The molecule has 1 heterocycles. The van der Waals surface area contributed by atoms with E-state index in [-0.39, 0.29) is 5.91 Å². The normalized spacial score (nSPS) is 14.4. The first-order chi connectivity index (χ1) is 7.89. The number of nitrogens with zero attached hydrogens (tertiary/aromatic N) is 3. The Balaban J connectivity index is 2.63. The highest BCUT2D eigenvalue weighted by Gasteiger charge is 2.29. The number of primary amides is 1. The van der Waals surface area contributed by atoms with E-state index in [4.69, 9.17) is 5.73 Å². The highest BCUT2D eigenvalue weighted by Crippen LogP contribution is 2.28. The number of carbonyl (C=O) groups excluding carboxylic acids is 1. The summed E-state index contributed by atoms with van der Waals surface area (Å²) >= 11 is 2.96. The largest absolute Gasteiger partial charge is 0.368 e. The van der Waals surface area contributed by atoms with Gasteiger partial charge in [-0.05, 0) is 14.0 Å². The molecule has 0 radical (unpaired) electrons. The van der Waals surface area contributed by atoms with Crippen LogP contribution in [-0.4, -0.2) is 48.5 Å². The summed E-state index contributed by atoms with van der Waals surface area (Å²) in [6.07, 6.45) is 0. The van der Waals surface area contributed by atoms with Crippen molar-refractivity contribution in [3.63, 3.8) is 0 Å². The number of hydrogen-bond donors (Lipinski definition) is 2. The standard InChI is InChI=1S/C9H17N5OS2/c1-9(11-2,6(10)15)5-16-8-13-12-7(17-8)14(3)4/h11H,5H2,1-4H3,(H2,10,15). The number of anilines is 1. The van der Waals surface area contributed by atoms with Gasteiger partial charge in [0, 0.05) is 19.8 Å². The molecular formula is C9H17N5OS2. The summed E-state index contributed by atoms with van der Waals surface area (Å²) in [6.45, 7) is 1.77. The van der Waals surface area contributed by atoms with Crippen molar-refractivity contribution in [2.24, 2.45) is 5.73 Å². The van der Waals surface area contributed by atoms with Crippen LogP contribution < -0.4 is 16.0 Å². The lowest BCUT2D eigenvalue weighted by Crippen LogP contribution is -2.53. The zero-order valence-electron chi connectivity index (χ0n) is 10.4. The van der Waals surface area contributed by atoms with Crippen molar-refractivity contribution in [3.8, 4) is 0 Å². The molecule has 0 saturated carbocycles. The molecule has 0 bridgehead atoms. The van der Waals surface area contributed by atoms with Crippen molar-refractivity contribution in [3.05, 3.63) is 0 Å². The summed E-state index contributed by atoms with van der Waals surface area (Å²) in [5.74, 6) is 0.158. The Hall–Kier alpha value is -0.860. The van der Waals surface area contributed by atoms with E-state index in [1.54, 1.807) is 14.0 Å². The monoisotopic (exact) mass is 275 g/mol. The fourth-order valence-electron chi connectivity index (χ4n) is 0.914. The van der Waals surface area contributed by atoms with Crippen molar-refractivity contribution in [1.29, 1.82) is 0 Å². The van der Waals surface area contributed by atoms with Crippen LogP contribution in [0.1, 0.15) is 6.92 Å². The van der Waals surface area contributed by atoms with E-state index in [1.807, 2.05) is 19.0 Å². The molecule has 0 spiro atoms. The number of likely N-dealkylation sites (N-methyl/N-ethyl adjacent to an activating group) is 1. The molecule has 1 atom stereocenters.